The Morgan fingerprint density at radius 3 is 2.48 bits per heavy atom. The molecule has 1 fully saturated rings. The first-order chi connectivity index (χ1) is 15.6. The Hall–Kier alpha value is -3.10. The number of carbonyl (C=O) groups excluding carboxylic acids is 1. The number of hydrogen-bond donors (Lipinski definition) is 2. The third kappa shape index (κ3) is 6.69. The number of hydrogen-bond acceptors (Lipinski definition) is 5. The molecule has 0 bridgehead atoms. The standard InChI is InChI=1S/C22H22F3N5O2S/c1-21(32,20(31)27-16-7-10-19(26-2)18(13-16)22(23,24)25)14-33-17-8-5-15(6-9-17)28-29-30-11-3-4-12-30/h5-10,13,32H,3-4,11-12,14H2,1H3,(H,27,31). The first kappa shape index (κ1) is 24.5. The lowest BCUT2D eigenvalue weighted by molar-refractivity contribution is -0.137. The van der Waals surface area contributed by atoms with Gasteiger partial charge in [0.15, 0.2) is 5.69 Å². The minimum atomic E-state index is -4.74. The van der Waals surface area contributed by atoms with Crippen LogP contribution in [0.15, 0.2) is 57.7 Å². The molecule has 1 atom stereocenters. The number of anilines is 1. The lowest BCUT2D eigenvalue weighted by Gasteiger charge is -2.22. The SMILES string of the molecule is [C-]#[N+]c1ccc(NC(=O)C(C)(O)CSc2ccc(N=NN3CCCC3)cc2)cc1C(F)(F)F. The van der Waals surface area contributed by atoms with Gasteiger partial charge in [0.05, 0.1) is 17.8 Å². The Morgan fingerprint density at radius 1 is 1.21 bits per heavy atom. The fourth-order valence-corrected chi connectivity index (χ4v) is 3.91. The minimum absolute atomic E-state index is 0.0280. The molecule has 1 aliphatic rings. The van der Waals surface area contributed by atoms with Crippen molar-refractivity contribution < 1.29 is 23.1 Å². The zero-order chi connectivity index (χ0) is 24.1. The average molecular weight is 478 g/mol. The van der Waals surface area contributed by atoms with Crippen molar-refractivity contribution in [1.29, 1.82) is 0 Å². The number of benzene rings is 2. The predicted octanol–water partition coefficient (Wildman–Crippen LogP) is 5.83. The summed E-state index contributed by atoms with van der Waals surface area (Å²) in [6.07, 6.45) is -2.52. The monoisotopic (exact) mass is 477 g/mol. The number of carbonyl (C=O) groups is 1. The second-order valence-electron chi connectivity index (χ2n) is 7.70. The quantitative estimate of drug-likeness (QED) is 0.299. The molecule has 1 unspecified atom stereocenters. The van der Waals surface area contributed by atoms with E-state index in [9.17, 15) is 23.1 Å². The van der Waals surface area contributed by atoms with Gasteiger partial charge in [0.25, 0.3) is 5.91 Å². The van der Waals surface area contributed by atoms with Crippen molar-refractivity contribution in [2.75, 3.05) is 24.2 Å². The second-order valence-corrected chi connectivity index (χ2v) is 8.75. The van der Waals surface area contributed by atoms with Gasteiger partial charge in [-0.15, -0.1) is 16.9 Å². The van der Waals surface area contributed by atoms with Gasteiger partial charge in [0.2, 0.25) is 0 Å². The fourth-order valence-electron chi connectivity index (χ4n) is 3.01. The van der Waals surface area contributed by atoms with Crippen LogP contribution in [-0.4, -0.2) is 40.5 Å². The van der Waals surface area contributed by atoms with Gasteiger partial charge in [0.1, 0.15) is 5.60 Å². The number of nitrogens with zero attached hydrogens (tertiary/aromatic N) is 4. The molecule has 174 valence electrons. The van der Waals surface area contributed by atoms with Crippen molar-refractivity contribution in [2.45, 2.75) is 36.4 Å². The van der Waals surface area contributed by atoms with Gasteiger partial charge in [-0.1, -0.05) is 11.3 Å². The molecule has 0 aromatic heterocycles. The van der Waals surface area contributed by atoms with E-state index in [0.29, 0.717) is 11.8 Å². The van der Waals surface area contributed by atoms with Crippen LogP contribution in [0.3, 0.4) is 0 Å². The van der Waals surface area contributed by atoms with Crippen LogP contribution in [0.2, 0.25) is 0 Å². The fraction of sp³-hybridized carbons (Fsp3) is 0.364. The van der Waals surface area contributed by atoms with Gasteiger partial charge in [-0.3, -0.25) is 9.80 Å². The van der Waals surface area contributed by atoms with Crippen molar-refractivity contribution in [2.24, 2.45) is 10.3 Å². The Balaban J connectivity index is 1.59. The largest absolute Gasteiger partial charge is 0.407 e. The highest BCUT2D eigenvalue weighted by atomic mass is 32.2. The Kier molecular flexibility index (Phi) is 7.61. The van der Waals surface area contributed by atoms with Gasteiger partial charge in [0, 0.05) is 29.4 Å². The van der Waals surface area contributed by atoms with Crippen molar-refractivity contribution in [3.05, 3.63) is 59.4 Å². The number of nitrogens with one attached hydrogen (secondary N) is 1. The normalized spacial score (nSPS) is 15.9. The molecule has 0 aliphatic carbocycles. The van der Waals surface area contributed by atoms with E-state index in [1.54, 1.807) is 24.3 Å². The molecule has 0 saturated carbocycles. The Morgan fingerprint density at radius 2 is 1.88 bits per heavy atom. The van der Waals surface area contributed by atoms with Gasteiger partial charge >= 0.3 is 6.18 Å². The van der Waals surface area contributed by atoms with Crippen molar-refractivity contribution in [3.8, 4) is 0 Å². The zero-order valence-electron chi connectivity index (χ0n) is 17.8. The molecule has 7 nitrogen and oxygen atoms in total. The van der Waals surface area contributed by atoms with E-state index < -0.39 is 28.9 Å². The molecular formula is C22H22F3N5O2S. The van der Waals surface area contributed by atoms with Gasteiger partial charge in [-0.2, -0.15) is 13.2 Å². The molecule has 0 spiro atoms. The summed E-state index contributed by atoms with van der Waals surface area (Å²) in [6, 6.07) is 9.98. The molecule has 0 radical (unpaired) electrons. The number of amides is 1. The summed E-state index contributed by atoms with van der Waals surface area (Å²) in [5.74, 6) is -0.880. The maximum absolute atomic E-state index is 13.1. The predicted molar refractivity (Wildman–Crippen MR) is 119 cm³/mol. The van der Waals surface area contributed by atoms with E-state index in [-0.39, 0.29) is 11.4 Å². The Bertz CT molecular complexity index is 1060. The van der Waals surface area contributed by atoms with Crippen molar-refractivity contribution >= 4 is 34.7 Å². The first-order valence-electron chi connectivity index (χ1n) is 10.1. The third-order valence-corrected chi connectivity index (χ3v) is 6.21. The molecule has 1 amide bonds. The second kappa shape index (κ2) is 10.2. The summed E-state index contributed by atoms with van der Waals surface area (Å²) in [7, 11) is 0. The maximum atomic E-state index is 13.1. The summed E-state index contributed by atoms with van der Waals surface area (Å²) in [4.78, 5) is 16.1. The van der Waals surface area contributed by atoms with E-state index in [0.717, 1.165) is 36.9 Å². The molecule has 11 heteroatoms. The van der Waals surface area contributed by atoms with Crippen LogP contribution < -0.4 is 5.32 Å². The topological polar surface area (TPSA) is 81.6 Å². The average Bonchev–Trinajstić information content (AvgIpc) is 3.30. The number of halogens is 3. The summed E-state index contributed by atoms with van der Waals surface area (Å²) >= 11 is 1.22. The third-order valence-electron chi connectivity index (χ3n) is 4.90. The Labute approximate surface area is 193 Å². The highest BCUT2D eigenvalue weighted by Gasteiger charge is 2.35. The van der Waals surface area contributed by atoms with Crippen molar-refractivity contribution in [3.63, 3.8) is 0 Å². The van der Waals surface area contributed by atoms with Crippen molar-refractivity contribution in [1.82, 2.24) is 5.01 Å². The van der Waals surface area contributed by atoms with Crippen LogP contribution in [0.5, 0.6) is 0 Å². The number of aliphatic hydroxyl groups is 1. The molecule has 2 N–H and O–H groups in total. The van der Waals surface area contributed by atoms with E-state index in [1.807, 2.05) is 5.01 Å². The van der Waals surface area contributed by atoms with Gasteiger partial charge < -0.3 is 10.4 Å². The first-order valence-corrected chi connectivity index (χ1v) is 11.1. The molecule has 33 heavy (non-hydrogen) atoms. The summed E-state index contributed by atoms with van der Waals surface area (Å²) in [5.41, 5.74) is -3.04. The molecule has 1 heterocycles. The molecular weight excluding hydrogens is 455 g/mol. The molecule has 2 aromatic rings. The molecule has 2 aromatic carbocycles. The number of rotatable bonds is 7. The van der Waals surface area contributed by atoms with E-state index in [4.69, 9.17) is 6.57 Å². The molecule has 1 saturated heterocycles. The summed E-state index contributed by atoms with van der Waals surface area (Å²) < 4.78 is 39.4. The van der Waals surface area contributed by atoms with Crippen LogP contribution in [0.4, 0.5) is 30.2 Å². The van der Waals surface area contributed by atoms with Crippen LogP contribution in [0.1, 0.15) is 25.3 Å². The zero-order valence-corrected chi connectivity index (χ0v) is 18.6. The maximum Gasteiger partial charge on any atom is 0.407 e. The lowest BCUT2D eigenvalue weighted by atomic mass is 10.1. The number of alkyl halides is 3. The van der Waals surface area contributed by atoms with Gasteiger partial charge in [-0.25, -0.2) is 4.85 Å². The minimum Gasteiger partial charge on any atom is -0.379 e. The summed E-state index contributed by atoms with van der Waals surface area (Å²) in [6.45, 7) is 9.95. The van der Waals surface area contributed by atoms with E-state index in [2.05, 4.69) is 20.5 Å². The van der Waals surface area contributed by atoms with Gasteiger partial charge in [-0.05, 0) is 56.2 Å². The lowest BCUT2D eigenvalue weighted by Crippen LogP contribution is -2.42. The molecule has 1 aliphatic heterocycles. The summed E-state index contributed by atoms with van der Waals surface area (Å²) in [5, 5.41) is 23.1. The smallest absolute Gasteiger partial charge is 0.379 e. The van der Waals surface area contributed by atoms with Crippen LogP contribution >= 0.6 is 11.8 Å². The van der Waals surface area contributed by atoms with E-state index >= 15 is 0 Å². The van der Waals surface area contributed by atoms with Crippen LogP contribution in [0, 0.1) is 6.57 Å². The highest BCUT2D eigenvalue weighted by molar-refractivity contribution is 7.99. The van der Waals surface area contributed by atoms with Crippen LogP contribution in [-0.2, 0) is 11.0 Å². The molecule has 3 rings (SSSR count). The highest BCUT2D eigenvalue weighted by Crippen LogP contribution is 2.38. The van der Waals surface area contributed by atoms with E-state index in [1.165, 1.54) is 24.8 Å². The van der Waals surface area contributed by atoms with Crippen LogP contribution in [0.25, 0.3) is 4.85 Å². The number of thioether (sulfide) groups is 1.